The fourth-order valence-corrected chi connectivity index (χ4v) is 1.19. The van der Waals surface area contributed by atoms with Crippen LogP contribution in [0.25, 0.3) is 0 Å². The second-order valence-corrected chi connectivity index (χ2v) is 3.50. The zero-order valence-corrected chi connectivity index (χ0v) is 8.68. The quantitative estimate of drug-likeness (QED) is 0.421. The van der Waals surface area contributed by atoms with Gasteiger partial charge in [-0.2, -0.15) is 0 Å². The van der Waals surface area contributed by atoms with E-state index in [1.165, 1.54) is 0 Å². The molecule has 1 aromatic carbocycles. The molecule has 0 fully saturated rings. The van der Waals surface area contributed by atoms with Crippen molar-refractivity contribution in [3.8, 4) is 5.75 Å². The number of aldehydes is 1. The van der Waals surface area contributed by atoms with E-state index in [9.17, 15) is 9.59 Å². The van der Waals surface area contributed by atoms with Crippen molar-refractivity contribution in [2.75, 3.05) is 0 Å². The normalized spacial score (nSPS) is 11.8. The van der Waals surface area contributed by atoms with Crippen molar-refractivity contribution < 1.29 is 14.3 Å². The van der Waals surface area contributed by atoms with Crippen LogP contribution in [0.2, 0.25) is 0 Å². The average molecular weight is 206 g/mol. The highest BCUT2D eigenvalue weighted by molar-refractivity contribution is 5.72. The maximum Gasteiger partial charge on any atom is 0.311 e. The van der Waals surface area contributed by atoms with Gasteiger partial charge < -0.3 is 9.53 Å². The van der Waals surface area contributed by atoms with Gasteiger partial charge in [-0.25, -0.2) is 0 Å². The van der Waals surface area contributed by atoms with Gasteiger partial charge in [0.15, 0.2) is 0 Å². The maximum atomic E-state index is 11.4. The van der Waals surface area contributed by atoms with Gasteiger partial charge in [-0.15, -0.1) is 0 Å². The summed E-state index contributed by atoms with van der Waals surface area (Å²) in [5, 5.41) is 0. The van der Waals surface area contributed by atoms with Crippen LogP contribution in [0.3, 0.4) is 0 Å². The fourth-order valence-electron chi connectivity index (χ4n) is 1.19. The molecule has 1 atom stereocenters. The first-order valence-corrected chi connectivity index (χ1v) is 4.91. The van der Waals surface area contributed by atoms with Gasteiger partial charge in [-0.1, -0.05) is 25.1 Å². The summed E-state index contributed by atoms with van der Waals surface area (Å²) in [6.45, 7) is 1.85. The van der Waals surface area contributed by atoms with Crippen molar-refractivity contribution in [1.82, 2.24) is 0 Å². The number of benzene rings is 1. The van der Waals surface area contributed by atoms with E-state index in [1.54, 1.807) is 24.3 Å². The van der Waals surface area contributed by atoms with Crippen molar-refractivity contribution in [3.63, 3.8) is 0 Å². The predicted octanol–water partition coefficient (Wildman–Crippen LogP) is 2.21. The highest BCUT2D eigenvalue weighted by Gasteiger charge is 2.10. The monoisotopic (exact) mass is 206 g/mol. The number of hydrogen-bond donors (Lipinski definition) is 0. The Morgan fingerprint density at radius 3 is 2.67 bits per heavy atom. The summed E-state index contributed by atoms with van der Waals surface area (Å²) in [5.74, 6) is 0.287. The van der Waals surface area contributed by atoms with E-state index in [4.69, 9.17) is 4.74 Å². The molecule has 0 aliphatic carbocycles. The molecule has 1 rings (SSSR count). The number of ether oxygens (including phenoxy) is 1. The third-order valence-electron chi connectivity index (χ3n) is 1.99. The highest BCUT2D eigenvalue weighted by Crippen LogP contribution is 2.12. The number of rotatable bonds is 5. The number of hydrogen-bond acceptors (Lipinski definition) is 3. The molecular weight excluding hydrogens is 192 g/mol. The second kappa shape index (κ2) is 5.96. The maximum absolute atomic E-state index is 11.4. The molecule has 0 spiro atoms. The van der Waals surface area contributed by atoms with Crippen molar-refractivity contribution in [2.24, 2.45) is 5.92 Å². The smallest absolute Gasteiger partial charge is 0.311 e. The number of esters is 1. The van der Waals surface area contributed by atoms with Gasteiger partial charge >= 0.3 is 5.97 Å². The Labute approximate surface area is 89.1 Å². The molecule has 0 aromatic heterocycles. The second-order valence-electron chi connectivity index (χ2n) is 3.50. The SMILES string of the molecule is CC(CC=O)CC(=O)Oc1ccccc1. The largest absolute Gasteiger partial charge is 0.427 e. The Bertz CT molecular complexity index is 319. The van der Waals surface area contributed by atoms with Gasteiger partial charge in [-0.05, 0) is 18.1 Å². The van der Waals surface area contributed by atoms with Crippen LogP contribution in [-0.4, -0.2) is 12.3 Å². The minimum absolute atomic E-state index is 0.0405. The topological polar surface area (TPSA) is 43.4 Å². The van der Waals surface area contributed by atoms with Crippen molar-refractivity contribution in [2.45, 2.75) is 19.8 Å². The van der Waals surface area contributed by atoms with Crippen LogP contribution in [0.15, 0.2) is 30.3 Å². The molecule has 0 N–H and O–H groups in total. The summed E-state index contributed by atoms with van der Waals surface area (Å²) < 4.78 is 5.08. The summed E-state index contributed by atoms with van der Waals surface area (Å²) in [6, 6.07) is 8.91. The van der Waals surface area contributed by atoms with Gasteiger partial charge in [-0.3, -0.25) is 4.79 Å². The molecule has 0 radical (unpaired) electrons. The summed E-state index contributed by atoms with van der Waals surface area (Å²) in [7, 11) is 0. The molecule has 0 heterocycles. The molecule has 1 unspecified atom stereocenters. The molecule has 0 saturated carbocycles. The highest BCUT2D eigenvalue weighted by atomic mass is 16.5. The molecule has 0 aliphatic heterocycles. The van der Waals surface area contributed by atoms with Gasteiger partial charge in [0.25, 0.3) is 0 Å². The summed E-state index contributed by atoms with van der Waals surface area (Å²) >= 11 is 0. The first-order chi connectivity index (χ1) is 7.22. The lowest BCUT2D eigenvalue weighted by atomic mass is 10.1. The number of carbonyl (C=O) groups is 2. The molecule has 0 aliphatic rings. The Kier molecular flexibility index (Phi) is 4.54. The molecular formula is C12H14O3. The predicted molar refractivity (Wildman–Crippen MR) is 56.5 cm³/mol. The first kappa shape index (κ1) is 11.4. The first-order valence-electron chi connectivity index (χ1n) is 4.91. The van der Waals surface area contributed by atoms with Crippen LogP contribution < -0.4 is 4.74 Å². The van der Waals surface area contributed by atoms with Crippen LogP contribution >= 0.6 is 0 Å². The van der Waals surface area contributed by atoms with Crippen molar-refractivity contribution in [3.05, 3.63) is 30.3 Å². The third-order valence-corrected chi connectivity index (χ3v) is 1.99. The van der Waals surface area contributed by atoms with E-state index < -0.39 is 0 Å². The van der Waals surface area contributed by atoms with E-state index in [1.807, 2.05) is 13.0 Å². The van der Waals surface area contributed by atoms with Gasteiger partial charge in [0.1, 0.15) is 12.0 Å². The zero-order valence-electron chi connectivity index (χ0n) is 8.68. The van der Waals surface area contributed by atoms with Gasteiger partial charge in [0.05, 0.1) is 0 Å². The van der Waals surface area contributed by atoms with Crippen LogP contribution in [-0.2, 0) is 9.59 Å². The lowest BCUT2D eigenvalue weighted by Crippen LogP contribution is -2.12. The van der Waals surface area contributed by atoms with Gasteiger partial charge in [0.2, 0.25) is 0 Å². The minimum Gasteiger partial charge on any atom is -0.427 e. The van der Waals surface area contributed by atoms with Crippen LogP contribution in [0.4, 0.5) is 0 Å². The van der Waals surface area contributed by atoms with E-state index in [2.05, 4.69) is 0 Å². The molecule has 15 heavy (non-hydrogen) atoms. The van der Waals surface area contributed by atoms with Crippen molar-refractivity contribution >= 4 is 12.3 Å². The molecule has 80 valence electrons. The third kappa shape index (κ3) is 4.40. The molecule has 3 nitrogen and oxygen atoms in total. The average Bonchev–Trinajstić information content (AvgIpc) is 2.19. The molecule has 0 bridgehead atoms. The summed E-state index contributed by atoms with van der Waals surface area (Å²) in [4.78, 5) is 21.6. The molecule has 0 saturated heterocycles. The van der Waals surface area contributed by atoms with Crippen LogP contribution in [0, 0.1) is 5.92 Å². The lowest BCUT2D eigenvalue weighted by Gasteiger charge is -2.07. The molecule has 3 heteroatoms. The zero-order chi connectivity index (χ0) is 11.1. The Morgan fingerprint density at radius 1 is 1.40 bits per heavy atom. The van der Waals surface area contributed by atoms with E-state index in [0.717, 1.165) is 6.29 Å². The van der Waals surface area contributed by atoms with E-state index >= 15 is 0 Å². The molecule has 0 amide bonds. The summed E-state index contributed by atoms with van der Waals surface area (Å²) in [6.07, 6.45) is 1.48. The van der Waals surface area contributed by atoms with Gasteiger partial charge in [0, 0.05) is 12.8 Å². The Hall–Kier alpha value is -1.64. The van der Waals surface area contributed by atoms with Crippen LogP contribution in [0.5, 0.6) is 5.75 Å². The minimum atomic E-state index is -0.296. The number of carbonyl (C=O) groups excluding carboxylic acids is 2. The van der Waals surface area contributed by atoms with E-state index in [-0.39, 0.29) is 18.3 Å². The van der Waals surface area contributed by atoms with Crippen molar-refractivity contribution in [1.29, 1.82) is 0 Å². The summed E-state index contributed by atoms with van der Waals surface area (Å²) in [5.41, 5.74) is 0. The Morgan fingerprint density at radius 2 is 2.07 bits per heavy atom. The number of para-hydroxylation sites is 1. The molecule has 1 aromatic rings. The van der Waals surface area contributed by atoms with Crippen LogP contribution in [0.1, 0.15) is 19.8 Å². The lowest BCUT2D eigenvalue weighted by molar-refractivity contribution is -0.135. The van der Waals surface area contributed by atoms with E-state index in [0.29, 0.717) is 12.2 Å². The Balaban J connectivity index is 2.39. The fraction of sp³-hybridized carbons (Fsp3) is 0.333. The standard InChI is InChI=1S/C12H14O3/c1-10(7-8-13)9-12(14)15-11-5-3-2-4-6-11/h2-6,8,10H,7,9H2,1H3.